The lowest BCUT2D eigenvalue weighted by molar-refractivity contribution is -0.144. The van der Waals surface area contributed by atoms with Gasteiger partial charge in [-0.25, -0.2) is 9.97 Å². The molecule has 0 spiro atoms. The molecule has 0 saturated carbocycles. The van der Waals surface area contributed by atoms with Gasteiger partial charge >= 0.3 is 6.18 Å². The van der Waals surface area contributed by atoms with Crippen molar-refractivity contribution in [2.75, 3.05) is 24.1 Å². The average molecular weight is 301 g/mol. The normalized spacial score (nSPS) is 26.6. The third-order valence-corrected chi connectivity index (χ3v) is 4.17. The summed E-state index contributed by atoms with van der Waals surface area (Å²) >= 11 is 0. The first kappa shape index (κ1) is 14.4. The van der Waals surface area contributed by atoms with Crippen LogP contribution in [-0.4, -0.2) is 40.0 Å². The van der Waals surface area contributed by atoms with Gasteiger partial charge in [-0.3, -0.25) is 0 Å². The predicted octanol–water partition coefficient (Wildman–Crippen LogP) is 2.12. The van der Waals surface area contributed by atoms with Gasteiger partial charge in [0.25, 0.3) is 0 Å². The molecule has 0 aliphatic carbocycles. The average Bonchev–Trinajstić information content (AvgIpc) is 2.84. The first-order valence-electron chi connectivity index (χ1n) is 7.14. The Labute approximate surface area is 120 Å². The lowest BCUT2D eigenvalue weighted by atomic mass is 9.97. The Balaban J connectivity index is 1.71. The van der Waals surface area contributed by atoms with Gasteiger partial charge in [-0.2, -0.15) is 13.2 Å². The highest BCUT2D eigenvalue weighted by molar-refractivity contribution is 5.45. The molecule has 116 valence electrons. The van der Waals surface area contributed by atoms with Crippen LogP contribution in [0.4, 0.5) is 24.8 Å². The number of halogens is 3. The molecule has 3 N–H and O–H groups in total. The molecule has 2 saturated heterocycles. The molecule has 2 aliphatic heterocycles. The molecule has 8 heteroatoms. The summed E-state index contributed by atoms with van der Waals surface area (Å²) in [5.74, 6) is -1.20. The lowest BCUT2D eigenvalue weighted by Crippen LogP contribution is -2.42. The van der Waals surface area contributed by atoms with Gasteiger partial charge in [0.2, 0.25) is 5.82 Å². The van der Waals surface area contributed by atoms with E-state index in [9.17, 15) is 13.2 Å². The molecular formula is C13H18F3N5. The Morgan fingerprint density at radius 3 is 2.81 bits per heavy atom. The number of rotatable bonds is 2. The summed E-state index contributed by atoms with van der Waals surface area (Å²) < 4.78 is 38.1. The van der Waals surface area contributed by atoms with Crippen LogP contribution in [0.5, 0.6) is 0 Å². The van der Waals surface area contributed by atoms with Crippen LogP contribution in [-0.2, 0) is 6.18 Å². The largest absolute Gasteiger partial charge is 0.451 e. The number of nitrogens with one attached hydrogen (secondary N) is 1. The Hall–Kier alpha value is -1.57. The zero-order valence-corrected chi connectivity index (χ0v) is 11.5. The van der Waals surface area contributed by atoms with Crippen molar-refractivity contribution in [3.8, 4) is 0 Å². The number of aromatic nitrogens is 2. The number of hydrogen-bond acceptors (Lipinski definition) is 5. The van der Waals surface area contributed by atoms with Crippen LogP contribution in [0.3, 0.4) is 0 Å². The van der Waals surface area contributed by atoms with E-state index in [1.807, 2.05) is 0 Å². The molecular weight excluding hydrogens is 283 g/mol. The van der Waals surface area contributed by atoms with Crippen molar-refractivity contribution in [1.82, 2.24) is 14.9 Å². The van der Waals surface area contributed by atoms with E-state index in [0.717, 1.165) is 32.4 Å². The van der Waals surface area contributed by atoms with Crippen molar-refractivity contribution in [2.45, 2.75) is 43.9 Å². The highest BCUT2D eigenvalue weighted by Gasteiger charge is 2.36. The minimum atomic E-state index is -4.58. The standard InChI is InChI=1S/C13H18F3N5/c14-13(15,16)12-19-10(17)7-11(20-12)18-8-3-5-21-4-1-2-9(21)6-8/h7-9H,1-6H2,(H3,17,18,19,20). The Morgan fingerprint density at radius 1 is 1.24 bits per heavy atom. The van der Waals surface area contributed by atoms with E-state index in [1.165, 1.54) is 12.5 Å². The predicted molar refractivity (Wildman–Crippen MR) is 72.7 cm³/mol. The van der Waals surface area contributed by atoms with E-state index in [0.29, 0.717) is 6.04 Å². The molecule has 0 radical (unpaired) electrons. The Bertz CT molecular complexity index is 519. The summed E-state index contributed by atoms with van der Waals surface area (Å²) in [4.78, 5) is 9.24. The minimum Gasteiger partial charge on any atom is -0.384 e. The lowest BCUT2D eigenvalue weighted by Gasteiger charge is -2.35. The second-order valence-corrected chi connectivity index (χ2v) is 5.70. The fourth-order valence-electron chi connectivity index (χ4n) is 3.23. The van der Waals surface area contributed by atoms with Gasteiger partial charge in [-0.05, 0) is 32.2 Å². The topological polar surface area (TPSA) is 67.1 Å². The number of nitrogen functional groups attached to an aromatic ring is 1. The van der Waals surface area contributed by atoms with Gasteiger partial charge in [-0.1, -0.05) is 0 Å². The van der Waals surface area contributed by atoms with Gasteiger partial charge in [0.15, 0.2) is 0 Å². The summed E-state index contributed by atoms with van der Waals surface area (Å²) in [7, 11) is 0. The molecule has 1 aromatic rings. The summed E-state index contributed by atoms with van der Waals surface area (Å²) in [5, 5.41) is 3.09. The first-order chi connectivity index (χ1) is 9.91. The van der Waals surface area contributed by atoms with Gasteiger partial charge < -0.3 is 16.0 Å². The minimum absolute atomic E-state index is 0.139. The van der Waals surface area contributed by atoms with E-state index in [1.54, 1.807) is 0 Å². The van der Waals surface area contributed by atoms with E-state index >= 15 is 0 Å². The van der Waals surface area contributed by atoms with Crippen LogP contribution in [0, 0.1) is 0 Å². The molecule has 0 amide bonds. The zero-order valence-electron chi connectivity index (χ0n) is 11.5. The summed E-state index contributed by atoms with van der Waals surface area (Å²) in [6.07, 6.45) is -0.373. The molecule has 3 heterocycles. The van der Waals surface area contributed by atoms with Crippen molar-refractivity contribution in [3.05, 3.63) is 11.9 Å². The molecule has 0 aromatic carbocycles. The van der Waals surface area contributed by atoms with Crippen LogP contribution in [0.1, 0.15) is 31.5 Å². The number of piperidine rings is 1. The third-order valence-electron chi connectivity index (χ3n) is 4.17. The smallest absolute Gasteiger partial charge is 0.384 e. The van der Waals surface area contributed by atoms with Crippen LogP contribution in [0.2, 0.25) is 0 Å². The number of alkyl halides is 3. The first-order valence-corrected chi connectivity index (χ1v) is 7.14. The fourth-order valence-corrected chi connectivity index (χ4v) is 3.23. The zero-order chi connectivity index (χ0) is 15.0. The molecule has 2 unspecified atom stereocenters. The van der Waals surface area contributed by atoms with Crippen LogP contribution < -0.4 is 11.1 Å². The van der Waals surface area contributed by atoms with Crippen molar-refractivity contribution in [2.24, 2.45) is 0 Å². The van der Waals surface area contributed by atoms with Crippen LogP contribution >= 0.6 is 0 Å². The van der Waals surface area contributed by atoms with E-state index < -0.39 is 12.0 Å². The second kappa shape index (κ2) is 5.32. The van der Waals surface area contributed by atoms with Crippen molar-refractivity contribution in [1.29, 1.82) is 0 Å². The molecule has 21 heavy (non-hydrogen) atoms. The molecule has 3 rings (SSSR count). The number of nitrogens with zero attached hydrogens (tertiary/aromatic N) is 3. The maximum absolute atomic E-state index is 12.7. The molecule has 0 bridgehead atoms. The molecule has 1 aromatic heterocycles. The van der Waals surface area contributed by atoms with Crippen LogP contribution in [0.25, 0.3) is 0 Å². The molecule has 5 nitrogen and oxygen atoms in total. The maximum atomic E-state index is 12.7. The Kier molecular flexibility index (Phi) is 3.64. The third kappa shape index (κ3) is 3.20. The highest BCUT2D eigenvalue weighted by atomic mass is 19.4. The SMILES string of the molecule is Nc1cc(NC2CCN3CCCC3C2)nc(C(F)(F)F)n1. The van der Waals surface area contributed by atoms with E-state index in [4.69, 9.17) is 5.73 Å². The van der Waals surface area contributed by atoms with Gasteiger partial charge in [0.05, 0.1) is 0 Å². The number of anilines is 2. The molecule has 2 fully saturated rings. The van der Waals surface area contributed by atoms with Crippen molar-refractivity contribution < 1.29 is 13.2 Å². The monoisotopic (exact) mass is 301 g/mol. The summed E-state index contributed by atoms with van der Waals surface area (Å²) in [5.41, 5.74) is 5.45. The quantitative estimate of drug-likeness (QED) is 0.876. The van der Waals surface area contributed by atoms with Gasteiger partial charge in [0.1, 0.15) is 11.6 Å². The number of nitrogens with two attached hydrogens (primary N) is 1. The number of hydrogen-bond donors (Lipinski definition) is 2. The van der Waals surface area contributed by atoms with E-state index in [-0.39, 0.29) is 17.7 Å². The highest BCUT2D eigenvalue weighted by Crippen LogP contribution is 2.30. The maximum Gasteiger partial charge on any atom is 0.451 e. The van der Waals surface area contributed by atoms with Crippen molar-refractivity contribution in [3.63, 3.8) is 0 Å². The molecule has 2 aliphatic rings. The van der Waals surface area contributed by atoms with E-state index in [2.05, 4.69) is 20.2 Å². The summed E-state index contributed by atoms with van der Waals surface area (Å²) in [6.45, 7) is 2.12. The second-order valence-electron chi connectivity index (χ2n) is 5.70. The van der Waals surface area contributed by atoms with Gasteiger partial charge in [-0.15, -0.1) is 0 Å². The Morgan fingerprint density at radius 2 is 2.05 bits per heavy atom. The van der Waals surface area contributed by atoms with Crippen molar-refractivity contribution >= 4 is 11.6 Å². The van der Waals surface area contributed by atoms with Gasteiger partial charge in [0, 0.05) is 24.7 Å². The summed E-state index contributed by atoms with van der Waals surface area (Å²) in [6, 6.07) is 2.04. The fraction of sp³-hybridized carbons (Fsp3) is 0.692. The molecule has 2 atom stereocenters. The number of fused-ring (bicyclic) bond motifs is 1. The van der Waals surface area contributed by atoms with Crippen LogP contribution in [0.15, 0.2) is 6.07 Å².